The smallest absolute Gasteiger partial charge is 0.266 e. The fraction of sp³-hybridized carbons (Fsp3) is 0.350. The maximum atomic E-state index is 12.7. The molecule has 29 heavy (non-hydrogen) atoms. The number of hydrogen-bond donors (Lipinski definition) is 1. The molecule has 2 heterocycles. The topological polar surface area (TPSA) is 75.2 Å². The second-order valence-corrected chi connectivity index (χ2v) is 9.38. The van der Waals surface area contributed by atoms with Gasteiger partial charge in [0.2, 0.25) is 11.0 Å². The van der Waals surface area contributed by atoms with Crippen molar-refractivity contribution in [2.75, 3.05) is 11.9 Å². The quantitative estimate of drug-likeness (QED) is 0.478. The molecular weight excluding hydrogens is 424 g/mol. The van der Waals surface area contributed by atoms with Gasteiger partial charge < -0.3 is 5.32 Å². The Hall–Kier alpha value is -2.10. The fourth-order valence-corrected chi connectivity index (χ4v) is 4.74. The van der Waals surface area contributed by atoms with E-state index in [2.05, 4.69) is 22.4 Å². The summed E-state index contributed by atoms with van der Waals surface area (Å²) in [7, 11) is 0. The Balaban J connectivity index is 1.54. The van der Waals surface area contributed by atoms with Gasteiger partial charge in [-0.3, -0.25) is 14.5 Å². The molecule has 2 aromatic rings. The van der Waals surface area contributed by atoms with Gasteiger partial charge in [0.25, 0.3) is 5.91 Å². The molecule has 2 amide bonds. The molecule has 1 fully saturated rings. The van der Waals surface area contributed by atoms with Gasteiger partial charge in [0, 0.05) is 19.4 Å². The van der Waals surface area contributed by atoms with E-state index in [4.69, 9.17) is 12.2 Å². The summed E-state index contributed by atoms with van der Waals surface area (Å²) in [6.07, 6.45) is 4.98. The molecule has 0 aliphatic carbocycles. The Morgan fingerprint density at radius 2 is 2.03 bits per heavy atom. The van der Waals surface area contributed by atoms with E-state index >= 15 is 0 Å². The van der Waals surface area contributed by atoms with Crippen molar-refractivity contribution in [3.8, 4) is 0 Å². The molecule has 1 aromatic heterocycles. The molecule has 6 nitrogen and oxygen atoms in total. The van der Waals surface area contributed by atoms with Crippen LogP contribution in [0.4, 0.5) is 5.13 Å². The first-order valence-electron chi connectivity index (χ1n) is 9.40. The Kier molecular flexibility index (Phi) is 7.51. The van der Waals surface area contributed by atoms with Gasteiger partial charge in [-0.15, -0.1) is 10.2 Å². The van der Waals surface area contributed by atoms with Gasteiger partial charge in [-0.05, 0) is 25.0 Å². The highest BCUT2D eigenvalue weighted by atomic mass is 32.2. The number of rotatable bonds is 8. The molecule has 0 atom stereocenters. The second kappa shape index (κ2) is 10.1. The normalized spacial score (nSPS) is 15.4. The molecule has 9 heteroatoms. The monoisotopic (exact) mass is 446 g/mol. The number of anilines is 1. The zero-order valence-corrected chi connectivity index (χ0v) is 18.8. The summed E-state index contributed by atoms with van der Waals surface area (Å²) in [6, 6.07) is 7.93. The number of carbonyl (C=O) groups is 2. The molecule has 0 unspecified atom stereocenters. The second-order valence-electron chi connectivity index (χ2n) is 6.65. The van der Waals surface area contributed by atoms with E-state index in [1.54, 1.807) is 0 Å². The Bertz CT molecular complexity index is 937. The van der Waals surface area contributed by atoms with Crippen molar-refractivity contribution in [1.82, 2.24) is 15.1 Å². The number of hydrogen-bond acceptors (Lipinski definition) is 7. The molecule has 0 spiro atoms. The van der Waals surface area contributed by atoms with Gasteiger partial charge in [0.1, 0.15) is 9.33 Å². The van der Waals surface area contributed by atoms with Crippen molar-refractivity contribution < 1.29 is 9.59 Å². The number of thiocarbonyl (C=S) groups is 1. The van der Waals surface area contributed by atoms with Crippen LogP contribution in [-0.2, 0) is 16.0 Å². The van der Waals surface area contributed by atoms with E-state index in [0.29, 0.717) is 14.4 Å². The minimum absolute atomic E-state index is 0.147. The summed E-state index contributed by atoms with van der Waals surface area (Å²) in [4.78, 5) is 26.9. The van der Waals surface area contributed by atoms with Crippen molar-refractivity contribution in [3.63, 3.8) is 0 Å². The molecule has 1 aromatic carbocycles. The minimum atomic E-state index is -0.209. The summed E-state index contributed by atoms with van der Waals surface area (Å²) < 4.78 is 0.471. The fourth-order valence-electron chi connectivity index (χ4n) is 2.64. The van der Waals surface area contributed by atoms with Crippen LogP contribution in [0.2, 0.25) is 0 Å². The van der Waals surface area contributed by atoms with Gasteiger partial charge in [-0.1, -0.05) is 78.5 Å². The molecule has 0 radical (unpaired) electrons. The minimum Gasteiger partial charge on any atom is -0.300 e. The largest absolute Gasteiger partial charge is 0.300 e. The third kappa shape index (κ3) is 5.94. The van der Waals surface area contributed by atoms with Crippen molar-refractivity contribution in [2.24, 2.45) is 0 Å². The summed E-state index contributed by atoms with van der Waals surface area (Å²) in [6.45, 7) is 4.37. The maximum Gasteiger partial charge on any atom is 0.266 e. The maximum absolute atomic E-state index is 12.7. The molecule has 1 N–H and O–H groups in total. The highest BCUT2D eigenvalue weighted by molar-refractivity contribution is 8.26. The molecule has 1 aliphatic heterocycles. The number of benzene rings is 1. The lowest BCUT2D eigenvalue weighted by molar-refractivity contribution is -0.122. The standard InChI is InChI=1S/C20H22N4O2S3/c1-3-4-5-17-22-23-19(29-17)21-16(25)10-11-24-18(26)15(28-20(24)27)12-14-8-6-13(2)7-9-14/h6-9,12H,3-5,10-11H2,1-2H3,(H,21,23,25). The number of aryl methyl sites for hydroxylation is 2. The molecule has 0 saturated carbocycles. The number of thioether (sulfide) groups is 1. The predicted octanol–water partition coefficient (Wildman–Crippen LogP) is 4.42. The van der Waals surface area contributed by atoms with E-state index in [-0.39, 0.29) is 24.8 Å². The number of nitrogens with one attached hydrogen (secondary N) is 1. The molecular formula is C20H22N4O2S3. The van der Waals surface area contributed by atoms with Gasteiger partial charge in [0.15, 0.2) is 0 Å². The van der Waals surface area contributed by atoms with Crippen LogP contribution in [0.3, 0.4) is 0 Å². The van der Waals surface area contributed by atoms with Crippen LogP contribution < -0.4 is 5.32 Å². The number of nitrogens with zero attached hydrogens (tertiary/aromatic N) is 3. The van der Waals surface area contributed by atoms with Gasteiger partial charge in [-0.2, -0.15) is 0 Å². The zero-order chi connectivity index (χ0) is 20.8. The first-order chi connectivity index (χ1) is 14.0. The molecule has 152 valence electrons. The first kappa shape index (κ1) is 21.6. The van der Waals surface area contributed by atoms with E-state index in [1.165, 1.54) is 28.0 Å². The third-order valence-electron chi connectivity index (χ3n) is 4.27. The average molecular weight is 447 g/mol. The van der Waals surface area contributed by atoms with Crippen LogP contribution in [0, 0.1) is 6.92 Å². The van der Waals surface area contributed by atoms with E-state index in [9.17, 15) is 9.59 Å². The van der Waals surface area contributed by atoms with Crippen LogP contribution in [0.5, 0.6) is 0 Å². The van der Waals surface area contributed by atoms with Crippen molar-refractivity contribution in [1.29, 1.82) is 0 Å². The lowest BCUT2D eigenvalue weighted by Crippen LogP contribution is -2.31. The van der Waals surface area contributed by atoms with Crippen LogP contribution in [0.15, 0.2) is 29.2 Å². The number of unbranched alkanes of at least 4 members (excludes halogenated alkanes) is 1. The van der Waals surface area contributed by atoms with Crippen molar-refractivity contribution in [3.05, 3.63) is 45.3 Å². The van der Waals surface area contributed by atoms with Crippen LogP contribution >= 0.6 is 35.3 Å². The van der Waals surface area contributed by atoms with Crippen LogP contribution in [0.1, 0.15) is 42.3 Å². The van der Waals surface area contributed by atoms with Gasteiger partial charge >= 0.3 is 0 Å². The average Bonchev–Trinajstić information content (AvgIpc) is 3.24. The Morgan fingerprint density at radius 3 is 2.76 bits per heavy atom. The SMILES string of the molecule is CCCCc1nnc(NC(=O)CCN2C(=O)C(=Cc3ccc(C)cc3)SC2=S)s1. The number of carbonyl (C=O) groups excluding carboxylic acids is 2. The van der Waals surface area contributed by atoms with Gasteiger partial charge in [-0.25, -0.2) is 0 Å². The molecule has 1 saturated heterocycles. The summed E-state index contributed by atoms with van der Waals surface area (Å²) in [5.74, 6) is -0.370. The van der Waals surface area contributed by atoms with Crippen molar-refractivity contribution >= 4 is 62.7 Å². The lowest BCUT2D eigenvalue weighted by Gasteiger charge is -2.13. The number of aromatic nitrogens is 2. The van der Waals surface area contributed by atoms with E-state index in [1.807, 2.05) is 37.3 Å². The van der Waals surface area contributed by atoms with Crippen LogP contribution in [-0.4, -0.2) is 37.8 Å². The number of amides is 2. The first-order valence-corrected chi connectivity index (χ1v) is 11.4. The summed E-state index contributed by atoms with van der Waals surface area (Å²) >= 11 is 7.99. The van der Waals surface area contributed by atoms with E-state index in [0.717, 1.165) is 35.4 Å². The van der Waals surface area contributed by atoms with Gasteiger partial charge in [0.05, 0.1) is 4.91 Å². The highest BCUT2D eigenvalue weighted by Gasteiger charge is 2.32. The summed E-state index contributed by atoms with van der Waals surface area (Å²) in [5, 5.41) is 12.2. The lowest BCUT2D eigenvalue weighted by atomic mass is 10.1. The van der Waals surface area contributed by atoms with Crippen LogP contribution in [0.25, 0.3) is 6.08 Å². The molecule has 0 bridgehead atoms. The molecule has 1 aliphatic rings. The Morgan fingerprint density at radius 1 is 1.28 bits per heavy atom. The van der Waals surface area contributed by atoms with Crippen molar-refractivity contribution in [2.45, 2.75) is 39.5 Å². The third-order valence-corrected chi connectivity index (χ3v) is 6.54. The summed E-state index contributed by atoms with van der Waals surface area (Å²) in [5.41, 5.74) is 2.11. The highest BCUT2D eigenvalue weighted by Crippen LogP contribution is 2.32. The Labute approximate surface area is 183 Å². The molecule has 3 rings (SSSR count). The zero-order valence-electron chi connectivity index (χ0n) is 16.3. The predicted molar refractivity (Wildman–Crippen MR) is 123 cm³/mol. The van der Waals surface area contributed by atoms with E-state index < -0.39 is 0 Å².